The molecule has 2 N–H and O–H groups in total. The molecular weight excluding hydrogens is 370 g/mol. The van der Waals surface area contributed by atoms with Gasteiger partial charge in [0.05, 0.1) is 5.56 Å². The van der Waals surface area contributed by atoms with Crippen molar-refractivity contribution in [3.8, 4) is 17.6 Å². The molecule has 146 valence electrons. The van der Waals surface area contributed by atoms with Gasteiger partial charge in [-0.1, -0.05) is 42.5 Å². The topological polar surface area (TPSA) is 100 Å². The average Bonchev–Trinajstić information content (AvgIpc) is 2.76. The number of benzene rings is 3. The SMILES string of the molecule is C[C@@H](Oc1ccc2ccccc2c1)C(=O)NNC(=O)COc1ccccc1C#N. The lowest BCUT2D eigenvalue weighted by Crippen LogP contribution is -2.48. The molecule has 0 aromatic heterocycles. The van der Waals surface area contributed by atoms with Crippen molar-refractivity contribution in [3.63, 3.8) is 0 Å². The first-order chi connectivity index (χ1) is 14.1. The molecule has 0 saturated heterocycles. The second kappa shape index (κ2) is 9.24. The minimum atomic E-state index is -0.823. The van der Waals surface area contributed by atoms with Gasteiger partial charge < -0.3 is 9.47 Å². The fourth-order valence-electron chi connectivity index (χ4n) is 2.60. The molecule has 0 fully saturated rings. The molecule has 7 nitrogen and oxygen atoms in total. The molecular formula is C22H19N3O4. The number of rotatable bonds is 6. The third-order valence-electron chi connectivity index (χ3n) is 4.09. The van der Waals surface area contributed by atoms with Crippen LogP contribution in [0.4, 0.5) is 0 Å². The summed E-state index contributed by atoms with van der Waals surface area (Å²) in [7, 11) is 0. The molecule has 1 atom stereocenters. The Balaban J connectivity index is 1.47. The van der Waals surface area contributed by atoms with Crippen LogP contribution in [0.5, 0.6) is 11.5 Å². The van der Waals surface area contributed by atoms with E-state index < -0.39 is 17.9 Å². The summed E-state index contributed by atoms with van der Waals surface area (Å²) >= 11 is 0. The Hall–Kier alpha value is -4.05. The van der Waals surface area contributed by atoms with Crippen molar-refractivity contribution >= 4 is 22.6 Å². The Morgan fingerprint density at radius 3 is 2.52 bits per heavy atom. The molecule has 3 rings (SSSR count). The van der Waals surface area contributed by atoms with E-state index in [1.807, 2.05) is 42.5 Å². The Kier molecular flexibility index (Phi) is 6.28. The van der Waals surface area contributed by atoms with E-state index in [0.29, 0.717) is 17.1 Å². The lowest BCUT2D eigenvalue weighted by Gasteiger charge is -2.15. The highest BCUT2D eigenvalue weighted by atomic mass is 16.5. The first kappa shape index (κ1) is 19.7. The van der Waals surface area contributed by atoms with Crippen LogP contribution in [0, 0.1) is 11.3 Å². The maximum atomic E-state index is 12.2. The third kappa shape index (κ3) is 5.23. The summed E-state index contributed by atoms with van der Waals surface area (Å²) in [5.41, 5.74) is 4.88. The monoisotopic (exact) mass is 389 g/mol. The second-order valence-electron chi connectivity index (χ2n) is 6.20. The molecule has 0 aliphatic heterocycles. The number of amides is 2. The minimum Gasteiger partial charge on any atom is -0.482 e. The lowest BCUT2D eigenvalue weighted by atomic mass is 10.1. The number of carbonyl (C=O) groups excluding carboxylic acids is 2. The molecule has 0 spiro atoms. The largest absolute Gasteiger partial charge is 0.482 e. The van der Waals surface area contributed by atoms with Crippen LogP contribution in [0.1, 0.15) is 12.5 Å². The van der Waals surface area contributed by atoms with Gasteiger partial charge in [0, 0.05) is 0 Å². The molecule has 2 amide bonds. The normalized spacial score (nSPS) is 11.2. The van der Waals surface area contributed by atoms with Gasteiger partial charge in [-0.3, -0.25) is 20.4 Å². The van der Waals surface area contributed by atoms with E-state index in [4.69, 9.17) is 14.7 Å². The van der Waals surface area contributed by atoms with E-state index in [-0.39, 0.29) is 6.61 Å². The minimum absolute atomic E-state index is 0.296. The van der Waals surface area contributed by atoms with E-state index >= 15 is 0 Å². The van der Waals surface area contributed by atoms with E-state index in [9.17, 15) is 9.59 Å². The van der Waals surface area contributed by atoms with Gasteiger partial charge in [-0.25, -0.2) is 0 Å². The van der Waals surface area contributed by atoms with Crippen molar-refractivity contribution in [1.29, 1.82) is 5.26 Å². The van der Waals surface area contributed by atoms with Gasteiger partial charge >= 0.3 is 0 Å². The molecule has 0 radical (unpaired) electrons. The number of ether oxygens (including phenoxy) is 2. The van der Waals surface area contributed by atoms with Crippen LogP contribution < -0.4 is 20.3 Å². The Labute approximate surface area is 167 Å². The first-order valence-corrected chi connectivity index (χ1v) is 8.93. The predicted octanol–water partition coefficient (Wildman–Crippen LogP) is 2.71. The van der Waals surface area contributed by atoms with Crippen molar-refractivity contribution < 1.29 is 19.1 Å². The van der Waals surface area contributed by atoms with Gasteiger partial charge in [-0.05, 0) is 42.0 Å². The van der Waals surface area contributed by atoms with E-state index in [0.717, 1.165) is 10.8 Å². The Bertz CT molecular complexity index is 1070. The number of para-hydroxylation sites is 1. The highest BCUT2D eigenvalue weighted by Gasteiger charge is 2.16. The molecule has 0 heterocycles. The van der Waals surface area contributed by atoms with Crippen molar-refractivity contribution in [2.75, 3.05) is 6.61 Å². The standard InChI is InChI=1S/C22H19N3O4/c1-15(29-19-11-10-16-6-2-3-7-17(16)12-19)22(27)25-24-21(26)14-28-20-9-5-4-8-18(20)13-23/h2-12,15H,14H2,1H3,(H,24,26)(H,25,27)/t15-/m1/s1. The molecule has 0 aliphatic rings. The zero-order valence-corrected chi connectivity index (χ0v) is 15.7. The average molecular weight is 389 g/mol. The number of fused-ring (bicyclic) bond motifs is 1. The lowest BCUT2D eigenvalue weighted by molar-refractivity contribution is -0.133. The molecule has 3 aromatic rings. The zero-order valence-electron chi connectivity index (χ0n) is 15.7. The predicted molar refractivity (Wildman–Crippen MR) is 107 cm³/mol. The summed E-state index contributed by atoms with van der Waals surface area (Å²) in [6.07, 6.45) is -0.823. The van der Waals surface area contributed by atoms with Crippen LogP contribution in [0.3, 0.4) is 0 Å². The van der Waals surface area contributed by atoms with E-state index in [1.165, 1.54) is 0 Å². The number of hydrazine groups is 1. The van der Waals surface area contributed by atoms with Crippen LogP contribution >= 0.6 is 0 Å². The van der Waals surface area contributed by atoms with Crippen molar-refractivity contribution in [2.24, 2.45) is 0 Å². The fourth-order valence-corrected chi connectivity index (χ4v) is 2.60. The molecule has 29 heavy (non-hydrogen) atoms. The third-order valence-corrected chi connectivity index (χ3v) is 4.09. The maximum Gasteiger partial charge on any atom is 0.279 e. The molecule has 3 aromatic carbocycles. The van der Waals surface area contributed by atoms with Crippen LogP contribution in [0.15, 0.2) is 66.7 Å². The number of nitrogens with zero attached hydrogens (tertiary/aromatic N) is 1. The van der Waals surface area contributed by atoms with Crippen molar-refractivity contribution in [2.45, 2.75) is 13.0 Å². The smallest absolute Gasteiger partial charge is 0.279 e. The van der Waals surface area contributed by atoms with Gasteiger partial charge in [0.15, 0.2) is 12.7 Å². The summed E-state index contributed by atoms with van der Waals surface area (Å²) in [5, 5.41) is 11.1. The molecule has 0 aliphatic carbocycles. The molecule has 7 heteroatoms. The number of hydrogen-bond acceptors (Lipinski definition) is 5. The molecule has 0 bridgehead atoms. The zero-order chi connectivity index (χ0) is 20.6. The quantitative estimate of drug-likeness (QED) is 0.632. The van der Waals surface area contributed by atoms with Crippen LogP contribution in [0.2, 0.25) is 0 Å². The number of hydrogen-bond donors (Lipinski definition) is 2. The van der Waals surface area contributed by atoms with Crippen molar-refractivity contribution in [1.82, 2.24) is 10.9 Å². The van der Waals surface area contributed by atoms with Gasteiger partial charge in [-0.2, -0.15) is 5.26 Å². The molecule has 0 unspecified atom stereocenters. The summed E-state index contributed by atoms with van der Waals surface area (Å²) in [6.45, 7) is 1.23. The van der Waals surface area contributed by atoms with Crippen molar-refractivity contribution in [3.05, 3.63) is 72.3 Å². The van der Waals surface area contributed by atoms with E-state index in [1.54, 1.807) is 37.3 Å². The maximum absolute atomic E-state index is 12.2. The van der Waals surface area contributed by atoms with Gasteiger partial charge in [-0.15, -0.1) is 0 Å². The van der Waals surface area contributed by atoms with E-state index in [2.05, 4.69) is 10.9 Å². The number of carbonyl (C=O) groups is 2. The van der Waals surface area contributed by atoms with Gasteiger partial charge in [0.1, 0.15) is 17.6 Å². The van der Waals surface area contributed by atoms with Crippen LogP contribution in [0.25, 0.3) is 10.8 Å². The van der Waals surface area contributed by atoms with Gasteiger partial charge in [0.2, 0.25) is 0 Å². The summed E-state index contributed by atoms with van der Waals surface area (Å²) in [6, 6.07) is 21.9. The van der Waals surface area contributed by atoms with Crippen LogP contribution in [-0.4, -0.2) is 24.5 Å². The van der Waals surface area contributed by atoms with Gasteiger partial charge in [0.25, 0.3) is 11.8 Å². The highest BCUT2D eigenvalue weighted by molar-refractivity contribution is 5.86. The second-order valence-corrected chi connectivity index (χ2v) is 6.20. The number of nitrogens with one attached hydrogen (secondary N) is 2. The first-order valence-electron chi connectivity index (χ1n) is 8.93. The Morgan fingerprint density at radius 1 is 1.00 bits per heavy atom. The number of nitriles is 1. The summed E-state index contributed by atoms with van der Waals surface area (Å²) < 4.78 is 10.9. The van der Waals surface area contributed by atoms with Crippen LogP contribution in [-0.2, 0) is 9.59 Å². The highest BCUT2D eigenvalue weighted by Crippen LogP contribution is 2.21. The Morgan fingerprint density at radius 2 is 1.72 bits per heavy atom. The fraction of sp³-hybridized carbons (Fsp3) is 0.136. The molecule has 0 saturated carbocycles. The summed E-state index contributed by atoms with van der Waals surface area (Å²) in [4.78, 5) is 24.0. The summed E-state index contributed by atoms with van der Waals surface area (Å²) in [5.74, 6) is -0.230.